The van der Waals surface area contributed by atoms with Crippen LogP contribution in [0.5, 0.6) is 5.75 Å². The highest BCUT2D eigenvalue weighted by Crippen LogP contribution is 2.33. The molecule has 0 fully saturated rings. The van der Waals surface area contributed by atoms with Gasteiger partial charge >= 0.3 is 0 Å². The summed E-state index contributed by atoms with van der Waals surface area (Å²) in [6.07, 6.45) is 0.741. The van der Waals surface area contributed by atoms with Gasteiger partial charge in [-0.25, -0.2) is 0 Å². The van der Waals surface area contributed by atoms with E-state index in [2.05, 4.69) is 44.0 Å². The Bertz CT molecular complexity index is 531. The van der Waals surface area contributed by atoms with E-state index >= 15 is 0 Å². The number of hydrogen-bond donors (Lipinski definition) is 0. The van der Waals surface area contributed by atoms with Crippen molar-refractivity contribution >= 4 is 43.5 Å². The Morgan fingerprint density at radius 1 is 1.05 bits per heavy atom. The third-order valence-corrected chi connectivity index (χ3v) is 4.04. The molecule has 0 amide bonds. The van der Waals surface area contributed by atoms with Crippen molar-refractivity contribution in [1.29, 1.82) is 0 Å². The smallest absolute Gasteiger partial charge is 0.134 e. The van der Waals surface area contributed by atoms with Gasteiger partial charge in [-0.15, -0.1) is 11.6 Å². The molecule has 0 saturated heterocycles. The second-order valence-corrected chi connectivity index (χ2v) is 6.22. The molecule has 2 aromatic rings. The Kier molecular flexibility index (Phi) is 5.74. The zero-order chi connectivity index (χ0) is 13.7. The SMILES string of the molecule is ClCCC(Oc1ccc(Br)cc1Br)c1ccccc1. The van der Waals surface area contributed by atoms with E-state index in [1.54, 1.807) is 0 Å². The van der Waals surface area contributed by atoms with E-state index in [9.17, 15) is 0 Å². The van der Waals surface area contributed by atoms with Crippen LogP contribution in [0.4, 0.5) is 0 Å². The summed E-state index contributed by atoms with van der Waals surface area (Å²) >= 11 is 12.8. The molecule has 0 aromatic heterocycles. The van der Waals surface area contributed by atoms with E-state index < -0.39 is 0 Å². The summed E-state index contributed by atoms with van der Waals surface area (Å²) in [6, 6.07) is 16.0. The van der Waals surface area contributed by atoms with Gasteiger partial charge in [0.1, 0.15) is 11.9 Å². The van der Waals surface area contributed by atoms with Gasteiger partial charge in [-0.05, 0) is 39.7 Å². The summed E-state index contributed by atoms with van der Waals surface area (Å²) in [5, 5.41) is 0. The number of ether oxygens (including phenoxy) is 1. The lowest BCUT2D eigenvalue weighted by Gasteiger charge is -2.19. The molecule has 0 heterocycles. The molecule has 1 nitrogen and oxygen atoms in total. The summed E-state index contributed by atoms with van der Waals surface area (Å²) < 4.78 is 8.02. The first kappa shape index (κ1) is 14.9. The van der Waals surface area contributed by atoms with Crippen LogP contribution in [0, 0.1) is 0 Å². The average Bonchev–Trinajstić information content (AvgIpc) is 2.42. The molecule has 0 bridgehead atoms. The zero-order valence-electron chi connectivity index (χ0n) is 10.2. The quantitative estimate of drug-likeness (QED) is 0.559. The van der Waals surface area contributed by atoms with Gasteiger partial charge in [0.05, 0.1) is 4.47 Å². The van der Waals surface area contributed by atoms with E-state index in [1.165, 1.54) is 0 Å². The van der Waals surface area contributed by atoms with Crippen LogP contribution in [0.3, 0.4) is 0 Å². The van der Waals surface area contributed by atoms with E-state index in [1.807, 2.05) is 36.4 Å². The van der Waals surface area contributed by atoms with Crippen molar-refractivity contribution in [2.75, 3.05) is 5.88 Å². The monoisotopic (exact) mass is 402 g/mol. The van der Waals surface area contributed by atoms with E-state index in [0.29, 0.717) is 5.88 Å². The second kappa shape index (κ2) is 7.32. The fraction of sp³-hybridized carbons (Fsp3) is 0.200. The Labute approximate surface area is 135 Å². The first-order chi connectivity index (χ1) is 9.20. The number of benzene rings is 2. The van der Waals surface area contributed by atoms with Gasteiger partial charge in [0, 0.05) is 16.8 Å². The van der Waals surface area contributed by atoms with Crippen LogP contribution in [0.1, 0.15) is 18.1 Å². The lowest BCUT2D eigenvalue weighted by molar-refractivity contribution is 0.201. The van der Waals surface area contributed by atoms with Gasteiger partial charge in [-0.2, -0.15) is 0 Å². The van der Waals surface area contributed by atoms with Crippen LogP contribution in [-0.2, 0) is 0 Å². The molecule has 0 N–H and O–H groups in total. The van der Waals surface area contributed by atoms with Crippen LogP contribution < -0.4 is 4.74 Å². The molecule has 1 atom stereocenters. The maximum absolute atomic E-state index is 6.07. The lowest BCUT2D eigenvalue weighted by atomic mass is 10.1. The Hall–Kier alpha value is -0.510. The first-order valence-electron chi connectivity index (χ1n) is 5.93. The predicted molar refractivity (Wildman–Crippen MR) is 87.0 cm³/mol. The third kappa shape index (κ3) is 4.23. The molecule has 4 heteroatoms. The van der Waals surface area contributed by atoms with Crippen LogP contribution in [0.2, 0.25) is 0 Å². The minimum Gasteiger partial charge on any atom is -0.485 e. The molecule has 0 saturated carbocycles. The Morgan fingerprint density at radius 2 is 1.79 bits per heavy atom. The maximum atomic E-state index is 6.07. The molecule has 0 spiro atoms. The fourth-order valence-electron chi connectivity index (χ4n) is 1.78. The summed E-state index contributed by atoms with van der Waals surface area (Å²) in [4.78, 5) is 0. The fourth-order valence-corrected chi connectivity index (χ4v) is 3.12. The van der Waals surface area contributed by atoms with Gasteiger partial charge in [0.2, 0.25) is 0 Å². The maximum Gasteiger partial charge on any atom is 0.134 e. The number of alkyl halides is 1. The summed E-state index contributed by atoms with van der Waals surface area (Å²) in [7, 11) is 0. The van der Waals surface area contributed by atoms with Crippen LogP contribution >= 0.6 is 43.5 Å². The van der Waals surface area contributed by atoms with Crippen LogP contribution in [-0.4, -0.2) is 5.88 Å². The van der Waals surface area contributed by atoms with Gasteiger partial charge < -0.3 is 4.74 Å². The molecular formula is C15H13Br2ClO. The van der Waals surface area contributed by atoms with E-state index in [0.717, 1.165) is 26.7 Å². The molecular weight excluding hydrogens is 391 g/mol. The molecule has 19 heavy (non-hydrogen) atoms. The largest absolute Gasteiger partial charge is 0.485 e. The van der Waals surface area contributed by atoms with Crippen molar-refractivity contribution in [3.63, 3.8) is 0 Å². The first-order valence-corrected chi connectivity index (χ1v) is 8.05. The molecule has 2 rings (SSSR count). The lowest BCUT2D eigenvalue weighted by Crippen LogP contribution is -2.08. The molecule has 0 aliphatic heterocycles. The highest BCUT2D eigenvalue weighted by molar-refractivity contribution is 9.11. The summed E-state index contributed by atoms with van der Waals surface area (Å²) in [5.74, 6) is 1.38. The van der Waals surface area contributed by atoms with Crippen molar-refractivity contribution in [2.24, 2.45) is 0 Å². The number of halogens is 3. The molecule has 0 aliphatic rings. The Morgan fingerprint density at radius 3 is 2.42 bits per heavy atom. The molecule has 2 aromatic carbocycles. The number of hydrogen-bond acceptors (Lipinski definition) is 1. The predicted octanol–water partition coefficient (Wildman–Crippen LogP) is 5.96. The normalized spacial score (nSPS) is 12.2. The van der Waals surface area contributed by atoms with Gasteiger partial charge in [-0.1, -0.05) is 46.3 Å². The van der Waals surface area contributed by atoms with Crippen molar-refractivity contribution in [3.05, 3.63) is 63.0 Å². The van der Waals surface area contributed by atoms with Gasteiger partial charge in [0.15, 0.2) is 0 Å². The van der Waals surface area contributed by atoms with Gasteiger partial charge in [0.25, 0.3) is 0 Å². The summed E-state index contributed by atoms with van der Waals surface area (Å²) in [5.41, 5.74) is 1.14. The van der Waals surface area contributed by atoms with Crippen molar-refractivity contribution in [1.82, 2.24) is 0 Å². The number of rotatable bonds is 5. The second-order valence-electron chi connectivity index (χ2n) is 4.07. The highest BCUT2D eigenvalue weighted by atomic mass is 79.9. The topological polar surface area (TPSA) is 9.23 Å². The van der Waals surface area contributed by atoms with Crippen LogP contribution in [0.25, 0.3) is 0 Å². The highest BCUT2D eigenvalue weighted by Gasteiger charge is 2.14. The van der Waals surface area contributed by atoms with Crippen molar-refractivity contribution < 1.29 is 4.74 Å². The van der Waals surface area contributed by atoms with Gasteiger partial charge in [-0.3, -0.25) is 0 Å². The Balaban J connectivity index is 2.21. The van der Waals surface area contributed by atoms with E-state index in [4.69, 9.17) is 16.3 Å². The minimum atomic E-state index is -0.0313. The van der Waals surface area contributed by atoms with Crippen molar-refractivity contribution in [2.45, 2.75) is 12.5 Å². The third-order valence-electron chi connectivity index (χ3n) is 2.71. The summed E-state index contributed by atoms with van der Waals surface area (Å²) in [6.45, 7) is 0. The standard InChI is InChI=1S/C15H13Br2ClO/c16-12-6-7-15(13(17)10-12)19-14(8-9-18)11-4-2-1-3-5-11/h1-7,10,14H,8-9H2. The zero-order valence-corrected chi connectivity index (χ0v) is 14.1. The molecule has 1 unspecified atom stereocenters. The van der Waals surface area contributed by atoms with Crippen LogP contribution in [0.15, 0.2) is 57.5 Å². The molecule has 0 radical (unpaired) electrons. The molecule has 0 aliphatic carbocycles. The van der Waals surface area contributed by atoms with E-state index in [-0.39, 0.29) is 6.10 Å². The minimum absolute atomic E-state index is 0.0313. The molecule has 100 valence electrons. The average molecular weight is 405 g/mol. The van der Waals surface area contributed by atoms with Crippen molar-refractivity contribution in [3.8, 4) is 5.75 Å².